The van der Waals surface area contributed by atoms with Gasteiger partial charge in [0.05, 0.1) is 0 Å². The van der Waals surface area contributed by atoms with Gasteiger partial charge in [-0.3, -0.25) is 10.1 Å². The summed E-state index contributed by atoms with van der Waals surface area (Å²) >= 11 is 0. The molecule has 0 aliphatic rings. The standard InChI is InChI=1S/C19H16N2O5/c1-20-19(24)21-18(23)17(13-5-3-2-4-6-13)25-14-9-7-12-8-10-16(22)26-15(12)11-14/h2-11,17H,1H3,(H2,20,21,23,24)/t17-/m0/s1. The van der Waals surface area contributed by atoms with E-state index < -0.39 is 23.7 Å². The Bertz CT molecular complexity index is 997. The van der Waals surface area contributed by atoms with Crippen LogP contribution in [0, 0.1) is 0 Å². The Balaban J connectivity index is 1.93. The lowest BCUT2D eigenvalue weighted by Gasteiger charge is -2.18. The SMILES string of the molecule is CNC(=O)NC(=O)[C@@H](Oc1ccc2ccc(=O)oc2c1)c1ccccc1. The summed E-state index contributed by atoms with van der Waals surface area (Å²) in [4.78, 5) is 35.3. The van der Waals surface area contributed by atoms with Gasteiger partial charge in [0, 0.05) is 30.1 Å². The Morgan fingerprint density at radius 3 is 2.50 bits per heavy atom. The van der Waals surface area contributed by atoms with E-state index in [1.807, 2.05) is 6.07 Å². The summed E-state index contributed by atoms with van der Waals surface area (Å²) in [6, 6.07) is 16.0. The van der Waals surface area contributed by atoms with Crippen LogP contribution in [0.3, 0.4) is 0 Å². The summed E-state index contributed by atoms with van der Waals surface area (Å²) < 4.78 is 10.9. The van der Waals surface area contributed by atoms with Crippen LogP contribution >= 0.6 is 0 Å². The van der Waals surface area contributed by atoms with Crippen molar-refractivity contribution < 1.29 is 18.7 Å². The Hall–Kier alpha value is -3.61. The van der Waals surface area contributed by atoms with Crippen molar-refractivity contribution in [2.24, 2.45) is 0 Å². The van der Waals surface area contributed by atoms with Gasteiger partial charge in [-0.15, -0.1) is 0 Å². The van der Waals surface area contributed by atoms with Crippen LogP contribution < -0.4 is 21.0 Å². The quantitative estimate of drug-likeness (QED) is 0.703. The molecule has 7 nitrogen and oxygen atoms in total. The number of rotatable bonds is 4. The molecule has 2 aromatic carbocycles. The van der Waals surface area contributed by atoms with E-state index in [4.69, 9.17) is 9.15 Å². The van der Waals surface area contributed by atoms with Gasteiger partial charge >= 0.3 is 11.7 Å². The number of fused-ring (bicyclic) bond motifs is 1. The molecule has 0 aliphatic heterocycles. The van der Waals surface area contributed by atoms with E-state index in [9.17, 15) is 14.4 Å². The fraction of sp³-hybridized carbons (Fsp3) is 0.105. The van der Waals surface area contributed by atoms with Crippen molar-refractivity contribution in [3.05, 3.63) is 76.6 Å². The lowest BCUT2D eigenvalue weighted by Crippen LogP contribution is -2.41. The number of carbonyl (C=O) groups is 2. The number of urea groups is 1. The molecule has 0 radical (unpaired) electrons. The minimum absolute atomic E-state index is 0.327. The molecule has 0 saturated heterocycles. The second kappa shape index (κ2) is 7.52. The topological polar surface area (TPSA) is 97.6 Å². The lowest BCUT2D eigenvalue weighted by atomic mass is 10.1. The van der Waals surface area contributed by atoms with Crippen molar-refractivity contribution in [1.29, 1.82) is 0 Å². The van der Waals surface area contributed by atoms with Crippen molar-refractivity contribution in [1.82, 2.24) is 10.6 Å². The van der Waals surface area contributed by atoms with Crippen LogP contribution in [0.2, 0.25) is 0 Å². The third-order valence-corrected chi connectivity index (χ3v) is 3.65. The molecule has 0 spiro atoms. The van der Waals surface area contributed by atoms with Crippen LogP contribution in [0.25, 0.3) is 11.0 Å². The van der Waals surface area contributed by atoms with Crippen LogP contribution in [0.5, 0.6) is 5.75 Å². The monoisotopic (exact) mass is 352 g/mol. The highest BCUT2D eigenvalue weighted by atomic mass is 16.5. The summed E-state index contributed by atoms with van der Waals surface area (Å²) in [7, 11) is 1.41. The smallest absolute Gasteiger partial charge is 0.336 e. The van der Waals surface area contributed by atoms with Gasteiger partial charge in [-0.25, -0.2) is 9.59 Å². The molecule has 3 amide bonds. The Kier molecular flexibility index (Phi) is 4.98. The first-order chi connectivity index (χ1) is 12.6. The molecule has 7 heteroatoms. The maximum atomic E-state index is 12.5. The maximum absolute atomic E-state index is 12.5. The van der Waals surface area contributed by atoms with Crippen LogP contribution in [0.4, 0.5) is 4.79 Å². The Morgan fingerprint density at radius 2 is 1.77 bits per heavy atom. The van der Waals surface area contributed by atoms with Crippen LogP contribution in [0.15, 0.2) is 69.9 Å². The first-order valence-electron chi connectivity index (χ1n) is 7.85. The molecule has 0 bridgehead atoms. The predicted molar refractivity (Wildman–Crippen MR) is 94.9 cm³/mol. The summed E-state index contributed by atoms with van der Waals surface area (Å²) in [5.74, 6) is -0.294. The zero-order chi connectivity index (χ0) is 18.5. The first kappa shape index (κ1) is 17.2. The van der Waals surface area contributed by atoms with Gasteiger partial charge in [-0.05, 0) is 18.2 Å². The largest absolute Gasteiger partial charge is 0.476 e. The van der Waals surface area contributed by atoms with Crippen LogP contribution in [-0.4, -0.2) is 19.0 Å². The van der Waals surface area contributed by atoms with Gasteiger partial charge in [-0.2, -0.15) is 0 Å². The molecule has 1 heterocycles. The third-order valence-electron chi connectivity index (χ3n) is 3.65. The zero-order valence-electron chi connectivity index (χ0n) is 13.9. The van der Waals surface area contributed by atoms with Gasteiger partial charge in [0.1, 0.15) is 11.3 Å². The number of nitrogens with one attached hydrogen (secondary N) is 2. The van der Waals surface area contributed by atoms with Crippen molar-refractivity contribution in [3.63, 3.8) is 0 Å². The van der Waals surface area contributed by atoms with E-state index in [1.165, 1.54) is 19.2 Å². The molecular weight excluding hydrogens is 336 g/mol. The molecule has 0 unspecified atom stereocenters. The Labute approximate surface area is 148 Å². The molecule has 1 atom stereocenters. The van der Waals surface area contributed by atoms with Gasteiger partial charge < -0.3 is 14.5 Å². The second-order valence-corrected chi connectivity index (χ2v) is 5.43. The zero-order valence-corrected chi connectivity index (χ0v) is 13.9. The summed E-state index contributed by atoms with van der Waals surface area (Å²) in [5.41, 5.74) is 0.434. The van der Waals surface area contributed by atoms with Gasteiger partial charge in [-0.1, -0.05) is 30.3 Å². The van der Waals surface area contributed by atoms with E-state index in [2.05, 4.69) is 10.6 Å². The molecule has 1 aromatic heterocycles. The number of hydrogen-bond acceptors (Lipinski definition) is 5. The number of hydrogen-bond donors (Lipinski definition) is 2. The van der Waals surface area contributed by atoms with Crippen molar-refractivity contribution in [2.45, 2.75) is 6.10 Å². The van der Waals surface area contributed by atoms with Crippen LogP contribution in [-0.2, 0) is 4.79 Å². The Morgan fingerprint density at radius 1 is 1.04 bits per heavy atom. The summed E-state index contributed by atoms with van der Waals surface area (Å²) in [6.07, 6.45) is -1.05. The normalized spacial score (nSPS) is 11.6. The maximum Gasteiger partial charge on any atom is 0.336 e. The van der Waals surface area contributed by atoms with Gasteiger partial charge in [0.2, 0.25) is 6.10 Å². The third kappa shape index (κ3) is 3.89. The van der Waals surface area contributed by atoms with Crippen molar-refractivity contribution >= 4 is 22.9 Å². The number of carbonyl (C=O) groups excluding carboxylic acids is 2. The van der Waals surface area contributed by atoms with E-state index in [0.717, 1.165) is 5.39 Å². The molecule has 2 N–H and O–H groups in total. The number of amides is 3. The summed E-state index contributed by atoms with van der Waals surface area (Å²) in [6.45, 7) is 0. The number of ether oxygens (including phenoxy) is 1. The minimum atomic E-state index is -1.05. The van der Waals surface area contributed by atoms with Crippen LogP contribution in [0.1, 0.15) is 11.7 Å². The average molecular weight is 352 g/mol. The highest BCUT2D eigenvalue weighted by Crippen LogP contribution is 2.25. The average Bonchev–Trinajstić information content (AvgIpc) is 2.66. The molecule has 0 saturated carbocycles. The number of benzene rings is 2. The second-order valence-electron chi connectivity index (χ2n) is 5.43. The van der Waals surface area contributed by atoms with E-state index in [-0.39, 0.29) is 0 Å². The number of imide groups is 1. The molecule has 132 valence electrons. The van der Waals surface area contributed by atoms with Gasteiger partial charge in [0.15, 0.2) is 0 Å². The first-order valence-corrected chi connectivity index (χ1v) is 7.85. The summed E-state index contributed by atoms with van der Waals surface area (Å²) in [5, 5.41) is 5.25. The van der Waals surface area contributed by atoms with E-state index in [1.54, 1.807) is 42.5 Å². The minimum Gasteiger partial charge on any atom is -0.476 e. The molecule has 3 aromatic rings. The highest BCUT2D eigenvalue weighted by Gasteiger charge is 2.24. The fourth-order valence-corrected chi connectivity index (χ4v) is 2.39. The highest BCUT2D eigenvalue weighted by molar-refractivity contribution is 5.97. The van der Waals surface area contributed by atoms with Crippen molar-refractivity contribution in [3.8, 4) is 5.75 Å². The molecule has 3 rings (SSSR count). The predicted octanol–water partition coefficient (Wildman–Crippen LogP) is 2.37. The molecule has 0 fully saturated rings. The van der Waals surface area contributed by atoms with Gasteiger partial charge in [0.25, 0.3) is 5.91 Å². The van der Waals surface area contributed by atoms with Crippen molar-refractivity contribution in [2.75, 3.05) is 7.05 Å². The fourth-order valence-electron chi connectivity index (χ4n) is 2.39. The lowest BCUT2D eigenvalue weighted by molar-refractivity contribution is -0.127. The molecule has 26 heavy (non-hydrogen) atoms. The molecule has 0 aliphatic carbocycles. The van der Waals surface area contributed by atoms with E-state index in [0.29, 0.717) is 16.9 Å². The van der Waals surface area contributed by atoms with E-state index >= 15 is 0 Å². The molecular formula is C19H16N2O5.